The molecule has 3 amide bonds. The second kappa shape index (κ2) is 37.1. The number of anilines is 5. The Kier molecular flexibility index (Phi) is 26.1. The van der Waals surface area contributed by atoms with Crippen LogP contribution in [0.5, 0.6) is 0 Å². The zero-order chi connectivity index (χ0) is 77.6. The summed E-state index contributed by atoms with van der Waals surface area (Å²) in [5, 5.41) is 37.7. The van der Waals surface area contributed by atoms with E-state index >= 15 is 0 Å². The van der Waals surface area contributed by atoms with Gasteiger partial charge in [0.15, 0.2) is 28.2 Å². The quantitative estimate of drug-likeness (QED) is 0.0409. The van der Waals surface area contributed by atoms with Crippen LogP contribution in [0.1, 0.15) is 235 Å². The first-order valence-electron chi connectivity index (χ1n) is 41.4. The van der Waals surface area contributed by atoms with Gasteiger partial charge in [0.2, 0.25) is 35.6 Å². The van der Waals surface area contributed by atoms with E-state index < -0.39 is 0 Å². The molecule has 5 aliphatic carbocycles. The number of nitrogens with two attached hydrogens (primary N) is 1. The number of carbonyl (C=O) groups is 2. The van der Waals surface area contributed by atoms with Crippen LogP contribution in [0, 0.1) is 5.92 Å². The lowest BCUT2D eigenvalue weighted by Crippen LogP contribution is -2.46. The van der Waals surface area contributed by atoms with Crippen LogP contribution in [-0.4, -0.2) is 190 Å². The SMILES string of the molecule is CC(C)C(=O)N1CCC(Nc2ncc3ccc(C4CC4)nc3n2)CC1.CC(C)c1ccc2cnc(NC3CCC(N)CC3)nc2n1.CC(C)c1ccc2cnc(NC3CCC(O)CC3)nc2n1.CCNC(=O)N1CCC(Nc2ncc3ccc(C4CC4)nc3n2)CC1.c1cc2cnc(NC3CCNCC3)nc2nc1C1CC1. The number of aliphatic hydroxyl groups is 1. The summed E-state index contributed by atoms with van der Waals surface area (Å²) < 4.78 is 0. The Morgan fingerprint density at radius 1 is 0.402 bits per heavy atom. The summed E-state index contributed by atoms with van der Waals surface area (Å²) in [7, 11) is 0. The predicted octanol–water partition coefficient (Wildman–Crippen LogP) is 13.2. The molecule has 13 heterocycles. The van der Waals surface area contributed by atoms with Gasteiger partial charge in [-0.05, 0) is 221 Å². The van der Waals surface area contributed by atoms with Crippen molar-refractivity contribution in [1.29, 1.82) is 0 Å². The van der Waals surface area contributed by atoms with Gasteiger partial charge in [-0.3, -0.25) is 4.79 Å². The van der Waals surface area contributed by atoms with Gasteiger partial charge >= 0.3 is 6.03 Å². The Labute approximate surface area is 656 Å². The second-order valence-corrected chi connectivity index (χ2v) is 32.6. The van der Waals surface area contributed by atoms with E-state index in [1.165, 1.54) is 44.2 Å². The minimum Gasteiger partial charge on any atom is -0.393 e. The Balaban J connectivity index is 0.000000117. The van der Waals surface area contributed by atoms with E-state index in [0.29, 0.717) is 96.1 Å². The Hall–Kier alpha value is -9.93. The average molecular weight is 1520 g/mol. The van der Waals surface area contributed by atoms with Gasteiger partial charge in [-0.1, -0.05) is 41.5 Å². The van der Waals surface area contributed by atoms with Gasteiger partial charge in [-0.25, -0.2) is 54.6 Å². The highest BCUT2D eigenvalue weighted by molar-refractivity contribution is 5.80. The standard InChI is InChI=1S/C19H25N5O.C18H24N6O.C16H23N5.C16H22N4O.C15H19N5/c1-12(2)18(25)24-9-7-15(8-10-24)21-19-20-11-14-5-6-16(13-3-4-13)22-17(14)23-19;1-2-19-18(25)24-9-7-14(8-10-24)21-17-20-11-13-5-6-15(12-3-4-12)22-16(13)23-17;1-10(2)14-8-3-11-9-18-16(21-15(11)20-14)19-13-6-4-12(17)5-7-13;1-10(2)14-8-3-11-9-17-16(20-15(11)19-14)18-12-4-6-13(21)7-5-12;1-2-10(1)13-4-3-11-9-17-15(20-14(11)19-13)18-12-5-7-16-8-6-12/h5-6,11-13,15H,3-4,7-10H2,1-2H3,(H,20,21,22,23);5-6,11-12,14H,2-4,7-10H2,1H3,(H,19,25)(H,20,21,22,23);3,8-10,12-13H,4-7,17H2,1-2H3,(H,18,19,20,21);3,8-10,12-13,21H,4-7H2,1-2H3,(H,17,18,19,20);3-4,9-10,12,16H,1-2,5-8H2,(H,17,18,19,20). The van der Waals surface area contributed by atoms with Gasteiger partial charge in [0, 0.05) is 179 Å². The van der Waals surface area contributed by atoms with Crippen molar-refractivity contribution in [3.05, 3.63) is 120 Å². The molecule has 28 nitrogen and oxygen atoms in total. The molecule has 10 aromatic heterocycles. The van der Waals surface area contributed by atoms with E-state index in [-0.39, 0.29) is 30.0 Å². The molecular formula is C84H113N25O3. The average Bonchev–Trinajstić information content (AvgIpc) is 1.53. The summed E-state index contributed by atoms with van der Waals surface area (Å²) in [6.45, 7) is 20.3. The van der Waals surface area contributed by atoms with Crippen LogP contribution in [0.3, 0.4) is 0 Å². The number of aliphatic hydroxyl groups excluding tert-OH is 1. The third-order valence-corrected chi connectivity index (χ3v) is 22.4. The van der Waals surface area contributed by atoms with E-state index in [1.54, 1.807) is 0 Å². The van der Waals surface area contributed by atoms with Gasteiger partial charge in [-0.15, -0.1) is 0 Å². The van der Waals surface area contributed by atoms with Crippen LogP contribution in [0.4, 0.5) is 34.5 Å². The Morgan fingerprint density at radius 2 is 0.714 bits per heavy atom. The van der Waals surface area contributed by atoms with Crippen LogP contribution < -0.4 is 43.0 Å². The summed E-state index contributed by atoms with van der Waals surface area (Å²) in [5.41, 5.74) is 15.4. The van der Waals surface area contributed by atoms with E-state index in [2.05, 4.69) is 166 Å². The first kappa shape index (κ1) is 78.7. The molecule has 592 valence electrons. The molecule has 3 aliphatic heterocycles. The summed E-state index contributed by atoms with van der Waals surface area (Å²) in [4.78, 5) is 96.0. The zero-order valence-electron chi connectivity index (χ0n) is 66.2. The van der Waals surface area contributed by atoms with Gasteiger partial charge in [0.05, 0.1) is 6.10 Å². The molecule has 8 fully saturated rings. The number of rotatable bonds is 17. The van der Waals surface area contributed by atoms with Crippen LogP contribution in [-0.2, 0) is 4.79 Å². The molecule has 18 rings (SSSR count). The largest absolute Gasteiger partial charge is 0.393 e. The fraction of sp³-hybridized carbons (Fsp3) is 0.560. The number of pyridine rings is 5. The predicted molar refractivity (Wildman–Crippen MR) is 441 cm³/mol. The molecule has 0 unspecified atom stereocenters. The van der Waals surface area contributed by atoms with Gasteiger partial charge in [0.25, 0.3) is 0 Å². The lowest BCUT2D eigenvalue weighted by Gasteiger charge is -2.33. The maximum atomic E-state index is 12.1. The Morgan fingerprint density at radius 3 is 1.04 bits per heavy atom. The summed E-state index contributed by atoms with van der Waals surface area (Å²) in [6, 6.07) is 22.9. The maximum absolute atomic E-state index is 12.1. The highest BCUT2D eigenvalue weighted by Crippen LogP contribution is 2.41. The first-order chi connectivity index (χ1) is 54.4. The molecule has 0 atom stereocenters. The molecule has 8 aliphatic rings. The van der Waals surface area contributed by atoms with Crippen molar-refractivity contribution >= 4 is 96.8 Å². The van der Waals surface area contributed by atoms with Crippen LogP contribution in [0.25, 0.3) is 55.2 Å². The minimum atomic E-state index is -0.143. The molecule has 112 heavy (non-hydrogen) atoms. The number of urea groups is 1. The second-order valence-electron chi connectivity index (χ2n) is 32.6. The van der Waals surface area contributed by atoms with E-state index in [9.17, 15) is 14.7 Å². The number of hydrogen-bond acceptors (Lipinski definition) is 25. The Bertz CT molecular complexity index is 4680. The van der Waals surface area contributed by atoms with Crippen LogP contribution in [0.2, 0.25) is 0 Å². The molecule has 3 saturated heterocycles. The molecule has 10 N–H and O–H groups in total. The van der Waals surface area contributed by atoms with Crippen molar-refractivity contribution in [1.82, 2.24) is 95.2 Å². The van der Waals surface area contributed by atoms with Crippen molar-refractivity contribution in [3.63, 3.8) is 0 Å². The minimum absolute atomic E-state index is 0.0275. The number of aromatic nitrogens is 15. The van der Waals surface area contributed by atoms with Crippen molar-refractivity contribution in [2.24, 2.45) is 11.7 Å². The van der Waals surface area contributed by atoms with Crippen LogP contribution in [0.15, 0.2) is 91.6 Å². The van der Waals surface area contributed by atoms with Crippen LogP contribution >= 0.6 is 0 Å². The normalized spacial score (nSPS) is 20.4. The zero-order valence-corrected chi connectivity index (χ0v) is 66.2. The topological polar surface area (TPSA) is 364 Å². The lowest BCUT2D eigenvalue weighted by molar-refractivity contribution is -0.135. The fourth-order valence-corrected chi connectivity index (χ4v) is 14.9. The molecule has 0 bridgehead atoms. The molecule has 5 saturated carbocycles. The highest BCUT2D eigenvalue weighted by atomic mass is 16.3. The highest BCUT2D eigenvalue weighted by Gasteiger charge is 2.31. The number of carbonyl (C=O) groups excluding carboxylic acids is 2. The summed E-state index contributed by atoms with van der Waals surface area (Å²) >= 11 is 0. The monoisotopic (exact) mass is 1520 g/mol. The molecule has 0 spiro atoms. The number of amides is 3. The van der Waals surface area contributed by atoms with Gasteiger partial charge < -0.3 is 57.9 Å². The van der Waals surface area contributed by atoms with Crippen molar-refractivity contribution in [3.8, 4) is 0 Å². The molecular weight excluding hydrogens is 1410 g/mol. The van der Waals surface area contributed by atoms with E-state index in [1.807, 2.05) is 85.8 Å². The van der Waals surface area contributed by atoms with Crippen molar-refractivity contribution in [2.45, 2.75) is 249 Å². The summed E-state index contributed by atoms with van der Waals surface area (Å²) in [6.07, 6.45) is 30.4. The fourth-order valence-electron chi connectivity index (χ4n) is 14.9. The number of nitrogens with zero attached hydrogens (tertiary/aromatic N) is 17. The number of likely N-dealkylation sites (tertiary alicyclic amines) is 2. The smallest absolute Gasteiger partial charge is 0.317 e. The molecule has 10 aromatic rings. The molecule has 0 aromatic carbocycles. The lowest BCUT2D eigenvalue weighted by atomic mass is 9.92. The van der Waals surface area contributed by atoms with Crippen molar-refractivity contribution in [2.75, 3.05) is 72.4 Å². The first-order valence-corrected chi connectivity index (χ1v) is 41.4. The maximum Gasteiger partial charge on any atom is 0.317 e. The third kappa shape index (κ3) is 21.8. The third-order valence-electron chi connectivity index (χ3n) is 22.4. The molecule has 0 radical (unpaired) electrons. The van der Waals surface area contributed by atoms with Gasteiger partial charge in [-0.2, -0.15) is 24.9 Å². The summed E-state index contributed by atoms with van der Waals surface area (Å²) in [5.74, 6) is 6.31. The number of hydrogen-bond donors (Lipinski definition) is 9. The number of nitrogens with one attached hydrogen (secondary N) is 7. The van der Waals surface area contributed by atoms with Gasteiger partial charge in [0.1, 0.15) is 0 Å². The van der Waals surface area contributed by atoms with E-state index in [0.717, 1.165) is 207 Å². The van der Waals surface area contributed by atoms with E-state index in [4.69, 9.17) is 15.7 Å². The number of fused-ring (bicyclic) bond motifs is 5. The molecule has 28 heteroatoms. The number of piperidine rings is 3. The van der Waals surface area contributed by atoms with Crippen molar-refractivity contribution < 1.29 is 14.7 Å².